The van der Waals surface area contributed by atoms with Crippen LogP contribution in [-0.4, -0.2) is 18.2 Å². The highest BCUT2D eigenvalue weighted by Gasteiger charge is 2.52. The van der Waals surface area contributed by atoms with Gasteiger partial charge in [0.2, 0.25) is 0 Å². The van der Waals surface area contributed by atoms with Crippen LogP contribution in [-0.2, 0) is 12.0 Å². The van der Waals surface area contributed by atoms with Crippen LogP contribution in [0.2, 0.25) is 0 Å². The van der Waals surface area contributed by atoms with Crippen molar-refractivity contribution >= 4 is 5.97 Å². The van der Waals surface area contributed by atoms with Crippen LogP contribution in [0, 0.1) is 17.8 Å². The van der Waals surface area contributed by atoms with Crippen molar-refractivity contribution in [2.24, 2.45) is 17.8 Å². The first-order chi connectivity index (χ1) is 14.1. The smallest absolute Gasteiger partial charge is 0.339 e. The Kier molecular flexibility index (Phi) is 4.53. The lowest BCUT2D eigenvalue weighted by molar-refractivity contribution is -0.00621. The van der Waals surface area contributed by atoms with Crippen LogP contribution in [0.3, 0.4) is 0 Å². The number of carbonyl (C=O) groups is 1. The number of aromatic carboxylic acids is 1. The molecule has 4 fully saturated rings. The Labute approximate surface area is 171 Å². The van der Waals surface area contributed by atoms with Crippen molar-refractivity contribution in [3.8, 4) is 11.5 Å². The zero-order valence-corrected chi connectivity index (χ0v) is 16.9. The first-order valence-corrected chi connectivity index (χ1v) is 10.7. The highest BCUT2D eigenvalue weighted by Crippen LogP contribution is 2.61. The lowest BCUT2D eigenvalue weighted by Crippen LogP contribution is -2.48. The Balaban J connectivity index is 1.43. The Hall–Kier alpha value is -2.49. The molecule has 4 bridgehead atoms. The molecule has 4 nitrogen and oxygen atoms in total. The molecule has 29 heavy (non-hydrogen) atoms. The molecule has 4 heteroatoms. The Morgan fingerprint density at radius 3 is 2.28 bits per heavy atom. The predicted molar refractivity (Wildman–Crippen MR) is 111 cm³/mol. The number of ether oxygens (including phenoxy) is 2. The van der Waals surface area contributed by atoms with E-state index < -0.39 is 5.97 Å². The lowest BCUT2D eigenvalue weighted by atomic mass is 9.48. The Morgan fingerprint density at radius 2 is 1.66 bits per heavy atom. The van der Waals surface area contributed by atoms with E-state index in [9.17, 15) is 9.90 Å². The molecule has 1 N–H and O–H groups in total. The summed E-state index contributed by atoms with van der Waals surface area (Å²) < 4.78 is 11.7. The van der Waals surface area contributed by atoms with E-state index in [4.69, 9.17) is 9.47 Å². The van der Waals surface area contributed by atoms with Gasteiger partial charge in [0.25, 0.3) is 0 Å². The molecule has 0 saturated heterocycles. The number of rotatable bonds is 6. The van der Waals surface area contributed by atoms with Crippen LogP contribution in [0.25, 0.3) is 0 Å². The molecule has 4 saturated carbocycles. The second-order valence-corrected chi connectivity index (χ2v) is 9.32. The van der Waals surface area contributed by atoms with Crippen LogP contribution in [0.1, 0.15) is 60.0 Å². The SMILES string of the molecule is COc1ccc(COc2ccccc2C(=O)O)cc1C12CC3CC(CC(C3)C1)C2. The van der Waals surface area contributed by atoms with Crippen LogP contribution in [0.15, 0.2) is 42.5 Å². The summed E-state index contributed by atoms with van der Waals surface area (Å²) in [7, 11) is 1.76. The molecular formula is C25H28O4. The van der Waals surface area contributed by atoms with Gasteiger partial charge in [-0.3, -0.25) is 0 Å². The summed E-state index contributed by atoms with van der Waals surface area (Å²) >= 11 is 0. The zero-order chi connectivity index (χ0) is 20.0. The second kappa shape index (κ2) is 7.08. The summed E-state index contributed by atoms with van der Waals surface area (Å²) in [5.41, 5.74) is 2.85. The van der Waals surface area contributed by atoms with Crippen molar-refractivity contribution in [1.29, 1.82) is 0 Å². The fraction of sp³-hybridized carbons (Fsp3) is 0.480. The predicted octanol–water partition coefficient (Wildman–Crippen LogP) is 5.44. The van der Waals surface area contributed by atoms with E-state index in [-0.39, 0.29) is 11.0 Å². The van der Waals surface area contributed by atoms with Crippen molar-refractivity contribution in [1.82, 2.24) is 0 Å². The molecule has 4 aliphatic rings. The zero-order valence-electron chi connectivity index (χ0n) is 16.9. The van der Waals surface area contributed by atoms with Crippen molar-refractivity contribution < 1.29 is 19.4 Å². The molecule has 0 unspecified atom stereocenters. The third-order valence-electron chi connectivity index (χ3n) is 7.39. The monoisotopic (exact) mass is 392 g/mol. The minimum Gasteiger partial charge on any atom is -0.496 e. The Morgan fingerprint density at radius 1 is 1.00 bits per heavy atom. The Bertz CT molecular complexity index is 897. The largest absolute Gasteiger partial charge is 0.496 e. The highest BCUT2D eigenvalue weighted by atomic mass is 16.5. The van der Waals surface area contributed by atoms with Crippen LogP contribution < -0.4 is 9.47 Å². The van der Waals surface area contributed by atoms with Crippen molar-refractivity contribution in [3.63, 3.8) is 0 Å². The van der Waals surface area contributed by atoms with Gasteiger partial charge in [0.05, 0.1) is 7.11 Å². The van der Waals surface area contributed by atoms with Gasteiger partial charge in [0.1, 0.15) is 23.7 Å². The number of carboxylic acids is 1. The molecule has 0 heterocycles. The fourth-order valence-corrected chi connectivity index (χ4v) is 6.63. The van der Waals surface area contributed by atoms with E-state index >= 15 is 0 Å². The number of benzene rings is 2. The van der Waals surface area contributed by atoms with Gasteiger partial charge < -0.3 is 14.6 Å². The molecule has 0 aromatic heterocycles. The summed E-state index contributed by atoms with van der Waals surface area (Å²) in [4.78, 5) is 11.4. The van der Waals surface area contributed by atoms with E-state index in [1.165, 1.54) is 44.1 Å². The number of hydrogen-bond donors (Lipinski definition) is 1. The molecular weight excluding hydrogens is 364 g/mol. The maximum Gasteiger partial charge on any atom is 0.339 e. The van der Waals surface area contributed by atoms with Gasteiger partial charge in [0.15, 0.2) is 0 Å². The number of para-hydroxylation sites is 1. The van der Waals surface area contributed by atoms with Crippen LogP contribution in [0.5, 0.6) is 11.5 Å². The topological polar surface area (TPSA) is 55.8 Å². The average Bonchev–Trinajstić information content (AvgIpc) is 2.71. The molecule has 0 radical (unpaired) electrons. The summed E-state index contributed by atoms with van der Waals surface area (Å²) in [6, 6.07) is 13.2. The van der Waals surface area contributed by atoms with E-state index in [1.807, 2.05) is 6.07 Å². The molecule has 2 aromatic rings. The molecule has 152 valence electrons. The average molecular weight is 392 g/mol. The van der Waals surface area contributed by atoms with Crippen LogP contribution in [0.4, 0.5) is 0 Å². The third-order valence-corrected chi connectivity index (χ3v) is 7.39. The maximum absolute atomic E-state index is 11.4. The van der Waals surface area contributed by atoms with E-state index in [2.05, 4.69) is 12.1 Å². The van der Waals surface area contributed by atoms with Gasteiger partial charge in [-0.05, 0) is 91.5 Å². The van der Waals surface area contributed by atoms with E-state index in [0.29, 0.717) is 12.4 Å². The van der Waals surface area contributed by atoms with Gasteiger partial charge in [-0.2, -0.15) is 0 Å². The molecule has 2 aromatic carbocycles. The lowest BCUT2D eigenvalue weighted by Gasteiger charge is -2.57. The fourth-order valence-electron chi connectivity index (χ4n) is 6.63. The first-order valence-electron chi connectivity index (χ1n) is 10.7. The summed E-state index contributed by atoms with van der Waals surface area (Å²) in [6.07, 6.45) is 8.08. The molecule has 0 atom stereocenters. The normalized spacial score (nSPS) is 29.6. The van der Waals surface area contributed by atoms with E-state index in [1.54, 1.807) is 31.4 Å². The molecule has 6 rings (SSSR count). The number of hydrogen-bond acceptors (Lipinski definition) is 3. The molecule has 0 spiro atoms. The van der Waals surface area contributed by atoms with E-state index in [0.717, 1.165) is 29.1 Å². The quantitative estimate of drug-likeness (QED) is 0.711. The van der Waals surface area contributed by atoms with Crippen molar-refractivity contribution in [2.75, 3.05) is 7.11 Å². The first kappa shape index (κ1) is 18.5. The minimum absolute atomic E-state index is 0.197. The minimum atomic E-state index is -0.968. The number of carboxylic acid groups (broad SMARTS) is 1. The standard InChI is InChI=1S/C25H28O4/c1-28-23-7-6-16(15-29-22-5-3-2-4-20(22)24(26)27)11-21(23)25-12-17-8-18(13-25)10-19(9-17)14-25/h2-7,11,17-19H,8-10,12-15H2,1H3,(H,26,27). The molecule has 4 aliphatic carbocycles. The van der Waals surface area contributed by atoms with Gasteiger partial charge in [-0.15, -0.1) is 0 Å². The third kappa shape index (κ3) is 3.29. The van der Waals surface area contributed by atoms with Gasteiger partial charge in [0, 0.05) is 5.56 Å². The maximum atomic E-state index is 11.4. The number of methoxy groups -OCH3 is 1. The summed E-state index contributed by atoms with van der Waals surface area (Å²) in [5, 5.41) is 9.37. The van der Waals surface area contributed by atoms with Gasteiger partial charge in [-0.25, -0.2) is 4.79 Å². The molecule has 0 amide bonds. The van der Waals surface area contributed by atoms with Crippen molar-refractivity contribution in [3.05, 3.63) is 59.2 Å². The van der Waals surface area contributed by atoms with Gasteiger partial charge in [-0.1, -0.05) is 18.2 Å². The summed E-state index contributed by atoms with van der Waals surface area (Å²) in [5.74, 6) is 3.04. The summed E-state index contributed by atoms with van der Waals surface area (Å²) in [6.45, 7) is 0.355. The second-order valence-electron chi connectivity index (χ2n) is 9.32. The van der Waals surface area contributed by atoms with Crippen LogP contribution >= 0.6 is 0 Å². The highest BCUT2D eigenvalue weighted by molar-refractivity contribution is 5.90. The van der Waals surface area contributed by atoms with Crippen molar-refractivity contribution in [2.45, 2.75) is 50.5 Å². The van der Waals surface area contributed by atoms with Gasteiger partial charge >= 0.3 is 5.97 Å². The molecule has 0 aliphatic heterocycles.